The first-order valence-corrected chi connectivity index (χ1v) is 17.0. The fourth-order valence-electron chi connectivity index (χ4n) is 5.38. The number of carbonyl (C=O) groups is 4. The zero-order chi connectivity index (χ0) is 36.4. The molecule has 1 aliphatic rings. The summed E-state index contributed by atoms with van der Waals surface area (Å²) in [5.74, 6) is 0.0708. The normalized spacial score (nSPS) is 15.5. The molecule has 1 fully saturated rings. The molecule has 0 aliphatic carbocycles. The van der Waals surface area contributed by atoms with E-state index in [-0.39, 0.29) is 6.61 Å². The Kier molecular flexibility index (Phi) is 13.9. The van der Waals surface area contributed by atoms with E-state index in [1.807, 2.05) is 64.1 Å². The highest BCUT2D eigenvalue weighted by molar-refractivity contribution is 6.38. The first-order chi connectivity index (χ1) is 23.1. The van der Waals surface area contributed by atoms with Gasteiger partial charge in [0.25, 0.3) is 5.91 Å². The molecular weight excluding hydrogens is 628 g/mol. The van der Waals surface area contributed by atoms with Gasteiger partial charge in [-0.05, 0) is 94.7 Å². The Morgan fingerprint density at radius 1 is 0.959 bits per heavy atom. The van der Waals surface area contributed by atoms with E-state index >= 15 is 0 Å². The zero-order valence-corrected chi connectivity index (χ0v) is 30.6. The minimum Gasteiger partial charge on any atom is -0.493 e. The average molecular weight is 683 g/mol. The molecule has 0 bridgehead atoms. The van der Waals surface area contributed by atoms with Gasteiger partial charge in [0.05, 0.1) is 20.8 Å². The van der Waals surface area contributed by atoms with Crippen LogP contribution in [0.1, 0.15) is 90.9 Å². The lowest BCUT2D eigenvalue weighted by Gasteiger charge is -2.36. The van der Waals surface area contributed by atoms with Crippen LogP contribution in [0.2, 0.25) is 0 Å². The molecule has 0 aromatic heterocycles. The zero-order valence-electron chi connectivity index (χ0n) is 30.6. The number of methoxy groups -OCH3 is 2. The Morgan fingerprint density at radius 3 is 2.33 bits per heavy atom. The molecule has 0 radical (unpaired) electrons. The molecule has 0 spiro atoms. The molecule has 1 aliphatic heterocycles. The maximum absolute atomic E-state index is 13.9. The predicted molar refractivity (Wildman–Crippen MR) is 186 cm³/mol. The van der Waals surface area contributed by atoms with Crippen molar-refractivity contribution in [2.75, 3.05) is 41.0 Å². The molecule has 11 heteroatoms. The fraction of sp³-hybridized carbons (Fsp3) is 0.579. The summed E-state index contributed by atoms with van der Waals surface area (Å²) < 4.78 is 28.5. The van der Waals surface area contributed by atoms with Crippen LogP contribution in [0.4, 0.5) is 4.79 Å². The third kappa shape index (κ3) is 11.1. The molecule has 0 saturated carbocycles. The predicted octanol–water partition coefficient (Wildman–Crippen LogP) is 6.55. The molecule has 49 heavy (non-hydrogen) atoms. The number of esters is 1. The summed E-state index contributed by atoms with van der Waals surface area (Å²) in [7, 11) is 4.80. The third-order valence-corrected chi connectivity index (χ3v) is 8.76. The van der Waals surface area contributed by atoms with Crippen LogP contribution in [-0.2, 0) is 30.3 Å². The van der Waals surface area contributed by atoms with Gasteiger partial charge in [0.15, 0.2) is 11.5 Å². The van der Waals surface area contributed by atoms with Crippen molar-refractivity contribution < 1.29 is 42.9 Å². The van der Waals surface area contributed by atoms with Crippen molar-refractivity contribution >= 4 is 23.8 Å². The smallest absolute Gasteiger partial charge is 0.410 e. The lowest BCUT2D eigenvalue weighted by Crippen LogP contribution is -2.53. The van der Waals surface area contributed by atoms with Crippen LogP contribution in [0.15, 0.2) is 42.5 Å². The van der Waals surface area contributed by atoms with E-state index in [1.165, 1.54) is 9.80 Å². The summed E-state index contributed by atoms with van der Waals surface area (Å²) in [6.45, 7) is 11.6. The second-order valence-corrected chi connectivity index (χ2v) is 14.1. The van der Waals surface area contributed by atoms with Gasteiger partial charge in [-0.2, -0.15) is 0 Å². The van der Waals surface area contributed by atoms with E-state index in [0.717, 1.165) is 12.0 Å². The van der Waals surface area contributed by atoms with E-state index in [0.29, 0.717) is 68.0 Å². The van der Waals surface area contributed by atoms with E-state index in [2.05, 4.69) is 0 Å². The maximum Gasteiger partial charge on any atom is 0.410 e. The number of likely N-dealkylation sites (N-methyl/N-ethyl adjacent to an activating group) is 1. The van der Waals surface area contributed by atoms with Crippen molar-refractivity contribution in [1.29, 1.82) is 0 Å². The fourth-order valence-corrected chi connectivity index (χ4v) is 5.38. The standard InChI is InChI=1S/C38H54N2O9/c1-10-38(5,6)33(41)34(42)40-21-12-11-16-29(40)35(43)48-30(19-17-26-18-20-31(45-8)32(24-26)46-9)27-14-13-15-28(25-27)47-23-22-39(7)36(44)49-37(2,3)4/h13-15,18,20,24-25,29-30H,10-12,16-17,19,21-23H2,1-9H3/t29-,30+/m0/s1. The quantitative estimate of drug-likeness (QED) is 0.152. The number of carbonyl (C=O) groups excluding carboxylic acids is 4. The van der Waals surface area contributed by atoms with Crippen LogP contribution in [0.5, 0.6) is 17.2 Å². The monoisotopic (exact) mass is 682 g/mol. The first kappa shape index (κ1) is 39.2. The Labute approximate surface area is 291 Å². The van der Waals surface area contributed by atoms with Crippen molar-refractivity contribution in [3.63, 3.8) is 0 Å². The summed E-state index contributed by atoms with van der Waals surface area (Å²) in [4.78, 5) is 55.6. The number of hydrogen-bond donors (Lipinski definition) is 0. The molecule has 0 unspecified atom stereocenters. The molecule has 1 heterocycles. The van der Waals surface area contributed by atoms with Gasteiger partial charge in [-0.1, -0.05) is 39.0 Å². The van der Waals surface area contributed by atoms with Crippen molar-refractivity contribution in [2.24, 2.45) is 5.41 Å². The van der Waals surface area contributed by atoms with Crippen molar-refractivity contribution in [3.05, 3.63) is 53.6 Å². The Hall–Kier alpha value is -4.28. The number of ether oxygens (including phenoxy) is 5. The molecular formula is C38H54N2O9. The van der Waals surface area contributed by atoms with Gasteiger partial charge in [0, 0.05) is 19.0 Å². The number of nitrogens with zero attached hydrogens (tertiary/aromatic N) is 2. The van der Waals surface area contributed by atoms with E-state index < -0.39 is 46.9 Å². The average Bonchev–Trinajstić information content (AvgIpc) is 3.08. The number of hydrogen-bond acceptors (Lipinski definition) is 9. The lowest BCUT2D eigenvalue weighted by atomic mass is 9.84. The number of piperidine rings is 1. The number of Topliss-reactive ketones (excluding diaryl/α,β-unsaturated/α-hetero) is 1. The van der Waals surface area contributed by atoms with Gasteiger partial charge in [-0.3, -0.25) is 9.59 Å². The van der Waals surface area contributed by atoms with E-state index in [9.17, 15) is 19.2 Å². The number of amides is 2. The number of aryl methyl sites for hydroxylation is 1. The topological polar surface area (TPSA) is 121 Å². The molecule has 2 amide bonds. The summed E-state index contributed by atoms with van der Waals surface area (Å²) in [6.07, 6.45) is 2.22. The minimum absolute atomic E-state index is 0.219. The highest BCUT2D eigenvalue weighted by Gasteiger charge is 2.41. The number of likely N-dealkylation sites (tertiary alicyclic amines) is 1. The number of benzene rings is 2. The molecule has 2 atom stereocenters. The first-order valence-electron chi connectivity index (χ1n) is 17.0. The van der Waals surface area contributed by atoms with Crippen LogP contribution >= 0.6 is 0 Å². The number of ketones is 1. The van der Waals surface area contributed by atoms with Crippen molar-refractivity contribution in [3.8, 4) is 17.2 Å². The van der Waals surface area contributed by atoms with E-state index in [1.54, 1.807) is 41.2 Å². The van der Waals surface area contributed by atoms with Crippen LogP contribution in [0.3, 0.4) is 0 Å². The van der Waals surface area contributed by atoms with Gasteiger partial charge in [0.1, 0.15) is 30.1 Å². The highest BCUT2D eigenvalue weighted by atomic mass is 16.6. The minimum atomic E-state index is -0.857. The SMILES string of the molecule is CCC(C)(C)C(=O)C(=O)N1CCCC[C@H]1C(=O)O[C@H](CCc1ccc(OC)c(OC)c1)c1cccc(OCCN(C)C(=O)OC(C)(C)C)c1. The van der Waals surface area contributed by atoms with E-state index in [4.69, 9.17) is 23.7 Å². The maximum atomic E-state index is 13.9. The van der Waals surface area contributed by atoms with Gasteiger partial charge in [-0.25, -0.2) is 9.59 Å². The summed E-state index contributed by atoms with van der Waals surface area (Å²) in [5, 5.41) is 0. The highest BCUT2D eigenvalue weighted by Crippen LogP contribution is 2.32. The molecule has 2 aromatic rings. The summed E-state index contributed by atoms with van der Waals surface area (Å²) in [5.41, 5.74) is 0.238. The van der Waals surface area contributed by atoms with Gasteiger partial charge < -0.3 is 33.5 Å². The number of rotatable bonds is 15. The summed E-state index contributed by atoms with van der Waals surface area (Å²) >= 11 is 0. The second-order valence-electron chi connectivity index (χ2n) is 14.1. The molecule has 0 N–H and O–H groups in total. The van der Waals surface area contributed by atoms with Crippen LogP contribution in [0, 0.1) is 5.41 Å². The van der Waals surface area contributed by atoms with Gasteiger partial charge in [-0.15, -0.1) is 0 Å². The second kappa shape index (κ2) is 17.4. The molecule has 3 rings (SSSR count). The Morgan fingerprint density at radius 2 is 1.67 bits per heavy atom. The van der Waals surface area contributed by atoms with Crippen LogP contribution < -0.4 is 14.2 Å². The lowest BCUT2D eigenvalue weighted by molar-refractivity contribution is -0.164. The third-order valence-electron chi connectivity index (χ3n) is 8.76. The van der Waals surface area contributed by atoms with Crippen LogP contribution in [0.25, 0.3) is 0 Å². The molecule has 1 saturated heterocycles. The van der Waals surface area contributed by atoms with Crippen molar-refractivity contribution in [1.82, 2.24) is 9.80 Å². The molecule has 270 valence electrons. The molecule has 2 aromatic carbocycles. The summed E-state index contributed by atoms with van der Waals surface area (Å²) in [6, 6.07) is 12.1. The Bertz CT molecular complexity index is 1450. The van der Waals surface area contributed by atoms with Crippen molar-refractivity contribution in [2.45, 2.75) is 97.8 Å². The van der Waals surface area contributed by atoms with Crippen LogP contribution in [-0.4, -0.2) is 86.2 Å². The largest absolute Gasteiger partial charge is 0.493 e. The van der Waals surface area contributed by atoms with Gasteiger partial charge >= 0.3 is 12.1 Å². The molecule has 11 nitrogen and oxygen atoms in total. The Balaban J connectivity index is 1.83. The van der Waals surface area contributed by atoms with Gasteiger partial charge in [0.2, 0.25) is 5.78 Å².